The number of rotatable bonds is 10. The molecule has 2 aromatic carbocycles. The molecule has 2 rings (SSSR count). The highest BCUT2D eigenvalue weighted by Gasteiger charge is 2.16. The third kappa shape index (κ3) is 13.6. The van der Waals surface area contributed by atoms with Crippen LogP contribution in [0.5, 0.6) is 0 Å². The maximum Gasteiger partial charge on any atom is 0.241 e. The van der Waals surface area contributed by atoms with Gasteiger partial charge in [-0.2, -0.15) is 0 Å². The van der Waals surface area contributed by atoms with E-state index in [9.17, 15) is 13.6 Å². The molecule has 2 nitrogen and oxygen atoms in total. The fraction of sp³-hybridized carbons (Fsp3) is 0.348. The Morgan fingerprint density at radius 1 is 0.867 bits per heavy atom. The van der Waals surface area contributed by atoms with Crippen molar-refractivity contribution in [1.82, 2.24) is 0 Å². The third-order valence-corrected chi connectivity index (χ3v) is 6.38. The second kappa shape index (κ2) is 13.7. The molecule has 0 aliphatic carbocycles. The van der Waals surface area contributed by atoms with E-state index >= 15 is 0 Å². The first-order chi connectivity index (χ1) is 14.0. The van der Waals surface area contributed by atoms with Crippen LogP contribution < -0.4 is 0 Å². The molecule has 0 fully saturated rings. The molecule has 0 heterocycles. The van der Waals surface area contributed by atoms with Crippen LogP contribution in [0, 0.1) is 11.6 Å². The lowest BCUT2D eigenvalue weighted by atomic mass is 10.3. The molecule has 0 amide bonds. The van der Waals surface area contributed by atoms with Gasteiger partial charge in [0.05, 0.1) is 5.76 Å². The zero-order valence-corrected chi connectivity index (χ0v) is 20.7. The normalized spacial score (nSPS) is 10.7. The number of carbonyl (C=O) groups excluding carboxylic acids is 1. The second-order valence-electron chi connectivity index (χ2n) is 7.56. The molecule has 0 radical (unpaired) electrons. The van der Waals surface area contributed by atoms with E-state index in [2.05, 4.69) is 26.2 Å². The minimum absolute atomic E-state index is 0.189. The van der Waals surface area contributed by atoms with Gasteiger partial charge in [-0.15, -0.1) is 23.5 Å². The first kappa shape index (κ1) is 26.5. The van der Waals surface area contributed by atoms with Crippen LogP contribution in [0.25, 0.3) is 0 Å². The van der Waals surface area contributed by atoms with E-state index in [0.29, 0.717) is 6.42 Å². The van der Waals surface area contributed by atoms with Crippen molar-refractivity contribution in [2.75, 3.05) is 11.5 Å². The molecule has 0 aromatic heterocycles. The van der Waals surface area contributed by atoms with E-state index in [0.717, 1.165) is 33.5 Å². The van der Waals surface area contributed by atoms with Crippen molar-refractivity contribution in [1.29, 1.82) is 0 Å². The smallest absolute Gasteiger partial charge is 0.241 e. The molecule has 2 aromatic rings. The number of ketones is 1. The van der Waals surface area contributed by atoms with Crippen LogP contribution in [-0.4, -0.2) is 25.6 Å². The molecule has 0 saturated heterocycles. The molecule has 7 heteroatoms. The lowest BCUT2D eigenvalue weighted by molar-refractivity contribution is -0.116. The number of hydrogen-bond acceptors (Lipinski definition) is 4. The summed E-state index contributed by atoms with van der Waals surface area (Å²) in [6.45, 7) is 11.9. The summed E-state index contributed by atoms with van der Waals surface area (Å²) in [6, 6.07) is 12.8. The number of allylic oxidation sites excluding steroid dienone is 1. The lowest BCUT2D eigenvalue weighted by Crippen LogP contribution is -2.24. The molecule has 0 spiro atoms. The summed E-state index contributed by atoms with van der Waals surface area (Å²) in [6.07, 6.45) is 1.41. The van der Waals surface area contributed by atoms with Crippen LogP contribution in [0.15, 0.2) is 70.7 Å². The van der Waals surface area contributed by atoms with E-state index < -0.39 is 8.32 Å². The molecule has 164 valence electrons. The number of benzene rings is 2. The van der Waals surface area contributed by atoms with Gasteiger partial charge in [0.15, 0.2) is 0 Å². The zero-order chi connectivity index (χ0) is 22.6. The van der Waals surface area contributed by atoms with Crippen LogP contribution in [0.3, 0.4) is 0 Å². The van der Waals surface area contributed by atoms with Gasteiger partial charge in [0.1, 0.15) is 17.4 Å². The Labute approximate surface area is 188 Å². The highest BCUT2D eigenvalue weighted by Crippen LogP contribution is 2.22. The predicted molar refractivity (Wildman–Crippen MR) is 128 cm³/mol. The average Bonchev–Trinajstić information content (AvgIpc) is 2.64. The number of carbonyl (C=O) groups is 1. The average molecular weight is 469 g/mol. The summed E-state index contributed by atoms with van der Waals surface area (Å²) in [4.78, 5) is 12.7. The third-order valence-electron chi connectivity index (χ3n) is 3.45. The van der Waals surface area contributed by atoms with E-state index in [-0.39, 0.29) is 17.4 Å². The Kier molecular flexibility index (Phi) is 12.1. The van der Waals surface area contributed by atoms with Gasteiger partial charge in [-0.05, 0) is 75.1 Å². The Bertz CT molecular complexity index is 788. The van der Waals surface area contributed by atoms with Gasteiger partial charge in [0.25, 0.3) is 0 Å². The largest absolute Gasteiger partial charge is 0.548 e. The van der Waals surface area contributed by atoms with Crippen molar-refractivity contribution < 1.29 is 18.0 Å². The van der Waals surface area contributed by atoms with E-state index in [4.69, 9.17) is 4.43 Å². The standard InChI is InChI=1S/C13H19FOSSi.C10H11FOS/c1-11(15-17(2,3)4)9-10-16-13-7-5-12(14)6-8-13;1-8(12)6-7-13-10-4-2-9(11)3-5-10/h5-8H,1,9-10H2,2-4H3;2-5H,6-7H2,1H3. The summed E-state index contributed by atoms with van der Waals surface area (Å²) in [5.41, 5.74) is 0. The minimum Gasteiger partial charge on any atom is -0.548 e. The maximum absolute atomic E-state index is 12.7. The topological polar surface area (TPSA) is 26.3 Å². The Morgan fingerprint density at radius 2 is 1.27 bits per heavy atom. The van der Waals surface area contributed by atoms with Gasteiger partial charge >= 0.3 is 0 Å². The summed E-state index contributed by atoms with van der Waals surface area (Å²) >= 11 is 3.26. The van der Waals surface area contributed by atoms with E-state index in [1.807, 2.05) is 0 Å². The number of thioether (sulfide) groups is 2. The summed E-state index contributed by atoms with van der Waals surface area (Å²) in [5.74, 6) is 2.31. The zero-order valence-electron chi connectivity index (χ0n) is 18.0. The van der Waals surface area contributed by atoms with Gasteiger partial charge in [0.2, 0.25) is 8.32 Å². The van der Waals surface area contributed by atoms with E-state index in [1.165, 1.54) is 24.3 Å². The van der Waals surface area contributed by atoms with Crippen molar-refractivity contribution in [3.63, 3.8) is 0 Å². The number of Topliss-reactive ketones (excluding diaryl/α,β-unsaturated/α-hetero) is 1. The Hall–Kier alpha value is -1.57. The van der Waals surface area contributed by atoms with Crippen molar-refractivity contribution in [2.24, 2.45) is 0 Å². The Balaban J connectivity index is 0.000000311. The number of hydrogen-bond donors (Lipinski definition) is 0. The van der Waals surface area contributed by atoms with Crippen LogP contribution in [0.4, 0.5) is 8.78 Å². The van der Waals surface area contributed by atoms with Crippen LogP contribution >= 0.6 is 23.5 Å². The van der Waals surface area contributed by atoms with Gasteiger partial charge in [-0.1, -0.05) is 6.58 Å². The molecule has 0 N–H and O–H groups in total. The molecule has 0 aliphatic heterocycles. The minimum atomic E-state index is -1.52. The van der Waals surface area contributed by atoms with Crippen LogP contribution in [0.1, 0.15) is 19.8 Å². The maximum atomic E-state index is 12.7. The van der Waals surface area contributed by atoms with Crippen molar-refractivity contribution in [3.8, 4) is 0 Å². The molecule has 0 atom stereocenters. The molecular weight excluding hydrogens is 438 g/mol. The van der Waals surface area contributed by atoms with Gasteiger partial charge in [-0.25, -0.2) is 8.78 Å². The lowest BCUT2D eigenvalue weighted by Gasteiger charge is -2.20. The molecular formula is C23H30F2O2S2Si. The summed E-state index contributed by atoms with van der Waals surface area (Å²) in [7, 11) is -1.52. The number of halogens is 2. The summed E-state index contributed by atoms with van der Waals surface area (Å²) in [5, 5.41) is 0. The monoisotopic (exact) mass is 468 g/mol. The quantitative estimate of drug-likeness (QED) is 0.204. The van der Waals surface area contributed by atoms with Gasteiger partial charge in [0, 0.05) is 34.1 Å². The Morgan fingerprint density at radius 3 is 1.63 bits per heavy atom. The second-order valence-corrected chi connectivity index (χ2v) is 14.3. The van der Waals surface area contributed by atoms with Crippen LogP contribution in [0.2, 0.25) is 19.6 Å². The SMILES string of the molecule is C=C(CCSc1ccc(F)cc1)O[Si](C)(C)C.CC(=O)CCSc1ccc(F)cc1. The van der Waals surface area contributed by atoms with Gasteiger partial charge < -0.3 is 4.43 Å². The first-order valence-electron chi connectivity index (χ1n) is 9.68. The highest BCUT2D eigenvalue weighted by atomic mass is 32.2. The van der Waals surface area contributed by atoms with E-state index in [1.54, 1.807) is 54.7 Å². The first-order valence-corrected chi connectivity index (χ1v) is 15.1. The fourth-order valence-electron chi connectivity index (χ4n) is 2.14. The van der Waals surface area contributed by atoms with Crippen molar-refractivity contribution in [2.45, 2.75) is 49.2 Å². The van der Waals surface area contributed by atoms with Crippen LogP contribution in [-0.2, 0) is 9.22 Å². The van der Waals surface area contributed by atoms with Gasteiger partial charge in [-0.3, -0.25) is 4.79 Å². The molecule has 30 heavy (non-hydrogen) atoms. The predicted octanol–water partition coefficient (Wildman–Crippen LogP) is 7.57. The molecule has 0 unspecified atom stereocenters. The molecule has 0 bridgehead atoms. The molecule has 0 aliphatic rings. The summed E-state index contributed by atoms with van der Waals surface area (Å²) < 4.78 is 30.9. The molecule has 0 saturated carbocycles. The van der Waals surface area contributed by atoms with Crippen molar-refractivity contribution in [3.05, 3.63) is 72.5 Å². The fourth-order valence-corrected chi connectivity index (χ4v) is 4.96. The highest BCUT2D eigenvalue weighted by molar-refractivity contribution is 7.99. The van der Waals surface area contributed by atoms with Crippen molar-refractivity contribution >= 4 is 37.6 Å².